The van der Waals surface area contributed by atoms with Crippen molar-refractivity contribution in [3.05, 3.63) is 21.3 Å². The number of nitrogens with zero attached hydrogens (tertiary/aromatic N) is 1. The molecule has 2 rings (SSSR count). The molecule has 7 heteroatoms. The molecule has 1 aliphatic heterocycles. The molecule has 1 aromatic heterocycles. The van der Waals surface area contributed by atoms with Gasteiger partial charge in [0.1, 0.15) is 6.04 Å². The van der Waals surface area contributed by atoms with E-state index in [1.165, 1.54) is 11.0 Å². The van der Waals surface area contributed by atoms with Crippen LogP contribution in [0.15, 0.2) is 11.4 Å². The van der Waals surface area contributed by atoms with Crippen LogP contribution in [0, 0.1) is 0 Å². The van der Waals surface area contributed by atoms with Crippen LogP contribution in [0.1, 0.15) is 10.9 Å². The van der Waals surface area contributed by atoms with Gasteiger partial charge in [-0.15, -0.1) is 11.3 Å². The van der Waals surface area contributed by atoms with Crippen LogP contribution >= 0.6 is 22.9 Å². The minimum absolute atomic E-state index is 0.195. The van der Waals surface area contributed by atoms with Gasteiger partial charge in [-0.1, -0.05) is 11.6 Å². The Morgan fingerprint density at radius 3 is 2.47 bits per heavy atom. The highest BCUT2D eigenvalue weighted by Crippen LogP contribution is 2.42. The molecule has 2 nitrogen and oxygen atoms in total. The second kappa shape index (κ2) is 5.14. The fourth-order valence-electron chi connectivity index (χ4n) is 1.96. The first-order chi connectivity index (χ1) is 8.00. The van der Waals surface area contributed by atoms with E-state index >= 15 is 0 Å². The maximum absolute atomic E-state index is 13.1. The summed E-state index contributed by atoms with van der Waals surface area (Å²) in [5.74, 6) is 0. The Hall–Kier alpha value is -0.300. The van der Waals surface area contributed by atoms with Gasteiger partial charge in [0.15, 0.2) is 0 Å². The molecule has 17 heavy (non-hydrogen) atoms. The number of nitrogens with one attached hydrogen (secondary N) is 1. The molecular weight excluding hydrogens is 273 g/mol. The summed E-state index contributed by atoms with van der Waals surface area (Å²) >= 11 is 6.89. The van der Waals surface area contributed by atoms with Gasteiger partial charge in [-0.2, -0.15) is 13.2 Å². The van der Waals surface area contributed by atoms with E-state index in [4.69, 9.17) is 11.6 Å². The van der Waals surface area contributed by atoms with Crippen LogP contribution in [-0.2, 0) is 0 Å². The van der Waals surface area contributed by atoms with Crippen molar-refractivity contribution >= 4 is 22.9 Å². The molecule has 0 radical (unpaired) electrons. The van der Waals surface area contributed by atoms with Crippen molar-refractivity contribution in [2.75, 3.05) is 26.2 Å². The van der Waals surface area contributed by atoms with Gasteiger partial charge in [-0.25, -0.2) is 0 Å². The van der Waals surface area contributed by atoms with E-state index in [0.717, 1.165) is 11.3 Å². The molecule has 0 bridgehead atoms. The first-order valence-corrected chi connectivity index (χ1v) is 6.50. The number of halogens is 4. The summed E-state index contributed by atoms with van der Waals surface area (Å²) in [6, 6.07) is -0.0558. The van der Waals surface area contributed by atoms with E-state index in [1.54, 1.807) is 5.38 Å². The minimum atomic E-state index is -4.29. The summed E-state index contributed by atoms with van der Waals surface area (Å²) in [6.45, 7) is 1.93. The quantitative estimate of drug-likeness (QED) is 0.898. The van der Waals surface area contributed by atoms with E-state index in [9.17, 15) is 13.2 Å². The second-order valence-electron chi connectivity index (χ2n) is 3.86. The molecule has 0 amide bonds. The Morgan fingerprint density at radius 2 is 2.00 bits per heavy atom. The number of piperazine rings is 1. The first-order valence-electron chi connectivity index (χ1n) is 5.24. The van der Waals surface area contributed by atoms with E-state index < -0.39 is 12.2 Å². The lowest BCUT2D eigenvalue weighted by Gasteiger charge is -2.35. The van der Waals surface area contributed by atoms with Crippen LogP contribution in [-0.4, -0.2) is 37.3 Å². The third-order valence-corrected chi connectivity index (χ3v) is 4.13. The van der Waals surface area contributed by atoms with Gasteiger partial charge < -0.3 is 5.32 Å². The normalized spacial score (nSPS) is 20.5. The van der Waals surface area contributed by atoms with Gasteiger partial charge in [0.05, 0.1) is 5.02 Å². The Balaban J connectivity index is 2.28. The minimum Gasteiger partial charge on any atom is -0.314 e. The zero-order valence-electron chi connectivity index (χ0n) is 8.93. The highest BCUT2D eigenvalue weighted by atomic mass is 35.5. The molecule has 1 saturated heterocycles. The van der Waals surface area contributed by atoms with Gasteiger partial charge in [0.2, 0.25) is 0 Å². The van der Waals surface area contributed by atoms with Crippen LogP contribution in [0.3, 0.4) is 0 Å². The average Bonchev–Trinajstić information content (AvgIpc) is 2.65. The maximum atomic E-state index is 13.1. The van der Waals surface area contributed by atoms with Gasteiger partial charge in [-0.3, -0.25) is 4.90 Å². The third-order valence-electron chi connectivity index (χ3n) is 2.72. The van der Waals surface area contributed by atoms with Crippen molar-refractivity contribution in [2.45, 2.75) is 12.2 Å². The Bertz CT molecular complexity index is 374. The molecule has 0 spiro atoms. The Kier molecular flexibility index (Phi) is 3.97. The Morgan fingerprint density at radius 1 is 1.35 bits per heavy atom. The van der Waals surface area contributed by atoms with E-state index in [2.05, 4.69) is 5.32 Å². The van der Waals surface area contributed by atoms with E-state index in [0.29, 0.717) is 26.2 Å². The summed E-state index contributed by atoms with van der Waals surface area (Å²) in [6.07, 6.45) is -4.29. The maximum Gasteiger partial charge on any atom is 0.408 e. The predicted octanol–water partition coefficient (Wildman–Crippen LogP) is 2.91. The second-order valence-corrected chi connectivity index (χ2v) is 5.22. The van der Waals surface area contributed by atoms with Crippen molar-refractivity contribution in [3.8, 4) is 0 Å². The molecule has 1 N–H and O–H groups in total. The summed E-state index contributed by atoms with van der Waals surface area (Å²) in [5, 5.41) is 4.84. The number of rotatable bonds is 2. The predicted molar refractivity (Wildman–Crippen MR) is 62.6 cm³/mol. The topological polar surface area (TPSA) is 15.3 Å². The molecule has 0 aromatic carbocycles. The molecule has 0 aliphatic carbocycles. The fourth-order valence-corrected chi connectivity index (χ4v) is 3.28. The summed E-state index contributed by atoms with van der Waals surface area (Å²) < 4.78 is 39.4. The molecule has 1 fully saturated rings. The number of hydrogen-bond acceptors (Lipinski definition) is 3. The number of hydrogen-bond donors (Lipinski definition) is 1. The van der Waals surface area contributed by atoms with Crippen LogP contribution in [0.2, 0.25) is 5.02 Å². The molecule has 1 aromatic rings. The lowest BCUT2D eigenvalue weighted by atomic mass is 10.1. The smallest absolute Gasteiger partial charge is 0.314 e. The first kappa shape index (κ1) is 13.1. The monoisotopic (exact) mass is 284 g/mol. The van der Waals surface area contributed by atoms with Crippen molar-refractivity contribution < 1.29 is 13.2 Å². The molecular formula is C10H12ClF3N2S. The number of thiophene rings is 1. The van der Waals surface area contributed by atoms with E-state index in [1.807, 2.05) is 0 Å². The van der Waals surface area contributed by atoms with Gasteiger partial charge in [0.25, 0.3) is 0 Å². The molecule has 2 heterocycles. The summed E-state index contributed by atoms with van der Waals surface area (Å²) in [5.41, 5.74) is 0. The zero-order valence-corrected chi connectivity index (χ0v) is 10.5. The lowest BCUT2D eigenvalue weighted by molar-refractivity contribution is -0.186. The SMILES string of the molecule is FC(F)(F)[C@@H](c1sccc1Cl)N1CCNCC1. The largest absolute Gasteiger partial charge is 0.408 e. The van der Waals surface area contributed by atoms with Gasteiger partial charge in [-0.05, 0) is 11.4 Å². The van der Waals surface area contributed by atoms with Crippen LogP contribution < -0.4 is 5.32 Å². The highest BCUT2D eigenvalue weighted by molar-refractivity contribution is 7.10. The van der Waals surface area contributed by atoms with Gasteiger partial charge >= 0.3 is 6.18 Å². The standard InChI is InChI=1S/C10H12ClF3N2S/c11-7-1-6-17-8(7)9(10(12,13)14)16-4-2-15-3-5-16/h1,6,9,15H,2-5H2/t9-/m1/s1. The van der Waals surface area contributed by atoms with E-state index in [-0.39, 0.29) is 9.90 Å². The molecule has 96 valence electrons. The van der Waals surface area contributed by atoms with Crippen molar-refractivity contribution in [3.63, 3.8) is 0 Å². The van der Waals surface area contributed by atoms with Crippen molar-refractivity contribution in [1.29, 1.82) is 0 Å². The highest BCUT2D eigenvalue weighted by Gasteiger charge is 2.46. The Labute approximate surface area is 106 Å². The fraction of sp³-hybridized carbons (Fsp3) is 0.600. The zero-order chi connectivity index (χ0) is 12.5. The summed E-state index contributed by atoms with van der Waals surface area (Å²) in [7, 11) is 0. The average molecular weight is 285 g/mol. The number of alkyl halides is 3. The summed E-state index contributed by atoms with van der Waals surface area (Å²) in [4.78, 5) is 1.63. The molecule has 0 unspecified atom stereocenters. The van der Waals surface area contributed by atoms with Crippen molar-refractivity contribution in [1.82, 2.24) is 10.2 Å². The molecule has 0 saturated carbocycles. The van der Waals surface area contributed by atoms with Crippen molar-refractivity contribution in [2.24, 2.45) is 0 Å². The molecule has 1 aliphatic rings. The molecule has 1 atom stereocenters. The van der Waals surface area contributed by atoms with Crippen LogP contribution in [0.4, 0.5) is 13.2 Å². The van der Waals surface area contributed by atoms with Crippen LogP contribution in [0.5, 0.6) is 0 Å². The third kappa shape index (κ3) is 2.93. The lowest BCUT2D eigenvalue weighted by Crippen LogP contribution is -2.48. The van der Waals surface area contributed by atoms with Gasteiger partial charge in [0, 0.05) is 31.1 Å². The van der Waals surface area contributed by atoms with Crippen LogP contribution in [0.25, 0.3) is 0 Å².